The molecular formula is C18H26N2O2S. The van der Waals surface area contributed by atoms with E-state index in [2.05, 4.69) is 36.5 Å². The number of hydrogen-bond donors (Lipinski definition) is 1. The van der Waals surface area contributed by atoms with Gasteiger partial charge in [0.1, 0.15) is 0 Å². The monoisotopic (exact) mass is 334 g/mol. The van der Waals surface area contributed by atoms with E-state index in [1.54, 1.807) is 11.8 Å². The van der Waals surface area contributed by atoms with E-state index in [9.17, 15) is 9.59 Å². The number of benzene rings is 1. The summed E-state index contributed by atoms with van der Waals surface area (Å²) >= 11 is 1.69. The van der Waals surface area contributed by atoms with Crippen molar-refractivity contribution in [1.82, 2.24) is 10.2 Å². The molecule has 1 saturated heterocycles. The molecule has 1 aromatic rings. The van der Waals surface area contributed by atoms with Crippen molar-refractivity contribution in [3.63, 3.8) is 0 Å². The Morgan fingerprint density at radius 2 is 2.09 bits per heavy atom. The third-order valence-corrected chi connectivity index (χ3v) is 5.33. The zero-order valence-electron chi connectivity index (χ0n) is 14.0. The van der Waals surface area contributed by atoms with Gasteiger partial charge in [0, 0.05) is 31.8 Å². The second-order valence-electron chi connectivity index (χ2n) is 6.21. The fourth-order valence-electron chi connectivity index (χ4n) is 2.90. The first-order valence-corrected chi connectivity index (χ1v) is 9.39. The predicted octanol–water partition coefficient (Wildman–Crippen LogP) is 2.65. The molecule has 4 nitrogen and oxygen atoms in total. The van der Waals surface area contributed by atoms with E-state index in [1.165, 1.54) is 12.5 Å². The molecule has 1 fully saturated rings. The van der Waals surface area contributed by atoms with Gasteiger partial charge >= 0.3 is 0 Å². The van der Waals surface area contributed by atoms with E-state index < -0.39 is 0 Å². The molecular weight excluding hydrogens is 308 g/mol. The maximum absolute atomic E-state index is 12.3. The standard InChI is InChI=1S/C18H26N2O2S/c1-14(16-7-4-3-5-8-16)12-23-13-18(22)20-10-6-9-17(11-20)19-15(2)21/h3-5,7-8,14,17H,6,9-13H2,1-2H3,(H,19,21)/t14-,17+/m1/s1. The average Bonchev–Trinajstić information content (AvgIpc) is 2.55. The third-order valence-electron chi connectivity index (χ3n) is 4.14. The highest BCUT2D eigenvalue weighted by Crippen LogP contribution is 2.20. The number of thioether (sulfide) groups is 1. The summed E-state index contributed by atoms with van der Waals surface area (Å²) in [6, 6.07) is 10.5. The molecule has 2 amide bonds. The molecule has 0 radical (unpaired) electrons. The van der Waals surface area contributed by atoms with Crippen LogP contribution in [-0.2, 0) is 9.59 Å². The summed E-state index contributed by atoms with van der Waals surface area (Å²) in [4.78, 5) is 25.4. The summed E-state index contributed by atoms with van der Waals surface area (Å²) in [5, 5.41) is 2.92. The molecule has 0 unspecified atom stereocenters. The summed E-state index contributed by atoms with van der Waals surface area (Å²) in [7, 11) is 0. The molecule has 126 valence electrons. The highest BCUT2D eigenvalue weighted by atomic mass is 32.2. The fourth-order valence-corrected chi connectivity index (χ4v) is 3.92. The molecule has 1 heterocycles. The Balaban J connectivity index is 1.73. The zero-order chi connectivity index (χ0) is 16.7. The molecule has 0 bridgehead atoms. The first kappa shape index (κ1) is 17.9. The van der Waals surface area contributed by atoms with Gasteiger partial charge in [0.2, 0.25) is 11.8 Å². The number of amides is 2. The van der Waals surface area contributed by atoms with Gasteiger partial charge in [0.05, 0.1) is 5.75 Å². The maximum Gasteiger partial charge on any atom is 0.232 e. The van der Waals surface area contributed by atoms with E-state index in [0.29, 0.717) is 18.2 Å². The van der Waals surface area contributed by atoms with E-state index in [4.69, 9.17) is 0 Å². The summed E-state index contributed by atoms with van der Waals surface area (Å²) in [5.41, 5.74) is 1.32. The van der Waals surface area contributed by atoms with Crippen molar-refractivity contribution in [2.75, 3.05) is 24.6 Å². The van der Waals surface area contributed by atoms with Gasteiger partial charge in [-0.2, -0.15) is 11.8 Å². The van der Waals surface area contributed by atoms with Gasteiger partial charge in [-0.3, -0.25) is 9.59 Å². The summed E-state index contributed by atoms with van der Waals surface area (Å²) in [6.07, 6.45) is 1.92. The quantitative estimate of drug-likeness (QED) is 0.870. The van der Waals surface area contributed by atoms with E-state index in [0.717, 1.165) is 25.1 Å². The number of hydrogen-bond acceptors (Lipinski definition) is 3. The lowest BCUT2D eigenvalue weighted by atomic mass is 10.0. The predicted molar refractivity (Wildman–Crippen MR) is 95.6 cm³/mol. The highest BCUT2D eigenvalue weighted by Gasteiger charge is 2.23. The summed E-state index contributed by atoms with van der Waals surface area (Å²) in [6.45, 7) is 5.18. The minimum Gasteiger partial charge on any atom is -0.352 e. The average molecular weight is 334 g/mol. The van der Waals surface area contributed by atoms with Crippen molar-refractivity contribution in [3.05, 3.63) is 35.9 Å². The van der Waals surface area contributed by atoms with Crippen LogP contribution in [-0.4, -0.2) is 47.4 Å². The molecule has 1 aromatic carbocycles. The van der Waals surface area contributed by atoms with Gasteiger partial charge in [0.15, 0.2) is 0 Å². The number of rotatable bonds is 6. The number of carbonyl (C=O) groups excluding carboxylic acids is 2. The molecule has 1 aliphatic rings. The molecule has 5 heteroatoms. The van der Waals surface area contributed by atoms with Crippen LogP contribution < -0.4 is 5.32 Å². The number of carbonyl (C=O) groups is 2. The van der Waals surface area contributed by atoms with Crippen LogP contribution in [0.15, 0.2) is 30.3 Å². The smallest absolute Gasteiger partial charge is 0.232 e. The van der Waals surface area contributed by atoms with Gasteiger partial charge in [-0.15, -0.1) is 0 Å². The van der Waals surface area contributed by atoms with Crippen molar-refractivity contribution in [1.29, 1.82) is 0 Å². The lowest BCUT2D eigenvalue weighted by Crippen LogP contribution is -2.49. The zero-order valence-corrected chi connectivity index (χ0v) is 14.8. The van der Waals surface area contributed by atoms with Crippen molar-refractivity contribution < 1.29 is 9.59 Å². The molecule has 1 N–H and O–H groups in total. The van der Waals surface area contributed by atoms with Crippen molar-refractivity contribution >= 4 is 23.6 Å². The van der Waals surface area contributed by atoms with Crippen LogP contribution in [0.5, 0.6) is 0 Å². The largest absolute Gasteiger partial charge is 0.352 e. The van der Waals surface area contributed by atoms with Crippen LogP contribution >= 0.6 is 11.8 Å². The van der Waals surface area contributed by atoms with Crippen LogP contribution in [0.1, 0.15) is 38.2 Å². The van der Waals surface area contributed by atoms with Gasteiger partial charge in [-0.05, 0) is 24.3 Å². The van der Waals surface area contributed by atoms with Crippen LogP contribution in [0.2, 0.25) is 0 Å². The second kappa shape index (κ2) is 8.96. The molecule has 23 heavy (non-hydrogen) atoms. The Bertz CT molecular complexity index is 521. The van der Waals surface area contributed by atoms with Crippen molar-refractivity contribution in [2.45, 2.75) is 38.6 Å². The molecule has 2 rings (SSSR count). The summed E-state index contributed by atoms with van der Waals surface area (Å²) < 4.78 is 0. The number of nitrogens with zero attached hydrogens (tertiary/aromatic N) is 1. The Morgan fingerprint density at radius 3 is 2.78 bits per heavy atom. The first-order chi connectivity index (χ1) is 11.1. The summed E-state index contributed by atoms with van der Waals surface area (Å²) in [5.74, 6) is 2.08. The van der Waals surface area contributed by atoms with E-state index in [1.807, 2.05) is 11.0 Å². The van der Waals surface area contributed by atoms with Crippen LogP contribution in [0.25, 0.3) is 0 Å². The molecule has 0 spiro atoms. The molecule has 0 aromatic heterocycles. The fraction of sp³-hybridized carbons (Fsp3) is 0.556. The Hall–Kier alpha value is -1.49. The number of likely N-dealkylation sites (tertiary alicyclic amines) is 1. The third kappa shape index (κ3) is 5.90. The van der Waals surface area contributed by atoms with Gasteiger partial charge in [-0.1, -0.05) is 37.3 Å². The Labute approximate surface area is 143 Å². The van der Waals surface area contributed by atoms with Crippen molar-refractivity contribution in [3.8, 4) is 0 Å². The molecule has 0 aliphatic carbocycles. The van der Waals surface area contributed by atoms with Gasteiger partial charge in [0.25, 0.3) is 0 Å². The topological polar surface area (TPSA) is 49.4 Å². The minimum atomic E-state index is -0.0182. The van der Waals surface area contributed by atoms with E-state index in [-0.39, 0.29) is 17.9 Å². The second-order valence-corrected chi connectivity index (χ2v) is 7.24. The molecule has 1 aliphatic heterocycles. The van der Waals surface area contributed by atoms with Crippen molar-refractivity contribution in [2.24, 2.45) is 0 Å². The number of nitrogens with one attached hydrogen (secondary N) is 1. The lowest BCUT2D eigenvalue weighted by molar-refractivity contribution is -0.130. The Morgan fingerprint density at radius 1 is 1.35 bits per heavy atom. The van der Waals surface area contributed by atoms with Gasteiger partial charge < -0.3 is 10.2 Å². The van der Waals surface area contributed by atoms with Crippen LogP contribution in [0.4, 0.5) is 0 Å². The first-order valence-electron chi connectivity index (χ1n) is 8.24. The lowest BCUT2D eigenvalue weighted by Gasteiger charge is -2.33. The van der Waals surface area contributed by atoms with E-state index >= 15 is 0 Å². The normalized spacial score (nSPS) is 19.2. The number of piperidine rings is 1. The van der Waals surface area contributed by atoms with Crippen LogP contribution in [0, 0.1) is 0 Å². The van der Waals surface area contributed by atoms with Crippen LogP contribution in [0.3, 0.4) is 0 Å². The molecule has 0 saturated carbocycles. The SMILES string of the molecule is CC(=O)N[C@H]1CCCN(C(=O)CSC[C@@H](C)c2ccccc2)C1. The maximum atomic E-state index is 12.3. The highest BCUT2D eigenvalue weighted by molar-refractivity contribution is 7.99. The Kier molecular flexibility index (Phi) is 6.96. The minimum absolute atomic E-state index is 0.0182. The molecule has 2 atom stereocenters. The van der Waals surface area contributed by atoms with Gasteiger partial charge in [-0.25, -0.2) is 0 Å².